The molecule has 0 saturated carbocycles. The molecule has 0 saturated heterocycles. The number of benzene rings is 2. The number of thiophene rings is 1. The molecule has 0 radical (unpaired) electrons. The van der Waals surface area contributed by atoms with Gasteiger partial charge in [-0.15, -0.1) is 17.9 Å². The summed E-state index contributed by atoms with van der Waals surface area (Å²) in [5.74, 6) is -0.598. The molecule has 0 fully saturated rings. The van der Waals surface area contributed by atoms with Crippen molar-refractivity contribution in [2.24, 2.45) is 0 Å². The van der Waals surface area contributed by atoms with Crippen molar-refractivity contribution in [1.29, 1.82) is 0 Å². The summed E-state index contributed by atoms with van der Waals surface area (Å²) in [5.41, 5.74) is 1.89. The van der Waals surface area contributed by atoms with Crippen LogP contribution in [0, 0.1) is 6.92 Å². The van der Waals surface area contributed by atoms with E-state index in [0.717, 1.165) is 16.9 Å². The summed E-state index contributed by atoms with van der Waals surface area (Å²) in [6.07, 6.45) is 3.50. The number of ketones is 1. The van der Waals surface area contributed by atoms with Gasteiger partial charge in [-0.2, -0.15) is 0 Å². The van der Waals surface area contributed by atoms with Crippen molar-refractivity contribution in [3.63, 3.8) is 0 Å². The van der Waals surface area contributed by atoms with E-state index in [4.69, 9.17) is 9.47 Å². The number of hydrogen-bond donors (Lipinski definition) is 0. The molecule has 9 nitrogen and oxygen atoms in total. The first kappa shape index (κ1) is 27.0. The van der Waals surface area contributed by atoms with Crippen LogP contribution < -0.4 is 15.2 Å². The van der Waals surface area contributed by atoms with E-state index in [2.05, 4.69) is 11.6 Å². The number of rotatable bonds is 9. The summed E-state index contributed by atoms with van der Waals surface area (Å²) in [6.45, 7) is 7.38. The van der Waals surface area contributed by atoms with Crippen LogP contribution in [0.4, 0.5) is 5.69 Å². The topological polar surface area (TPSA) is 108 Å². The van der Waals surface area contributed by atoms with Crippen LogP contribution >= 0.6 is 11.3 Å². The normalized spacial score (nSPS) is 13.4. The molecule has 0 aliphatic carbocycles. The fraction of sp³-hybridized carbons (Fsp3) is 0.233. The van der Waals surface area contributed by atoms with E-state index in [1.165, 1.54) is 15.8 Å². The van der Waals surface area contributed by atoms with Crippen molar-refractivity contribution in [3.8, 4) is 5.75 Å². The first-order valence-electron chi connectivity index (χ1n) is 12.7. The number of aryl methyl sites for hydroxylation is 1. The lowest BCUT2D eigenvalue weighted by Crippen LogP contribution is -2.39. The molecule has 3 heterocycles. The molecule has 4 aromatic rings. The number of carbonyl (C=O) groups excluding carboxylic acids is 3. The Morgan fingerprint density at radius 1 is 1.20 bits per heavy atom. The second-order valence-electron chi connectivity index (χ2n) is 9.37. The Bertz CT molecular complexity index is 1690. The molecule has 10 heteroatoms. The van der Waals surface area contributed by atoms with E-state index >= 15 is 0 Å². The first-order chi connectivity index (χ1) is 19.3. The molecule has 1 aliphatic heterocycles. The van der Waals surface area contributed by atoms with Crippen LogP contribution in [0.5, 0.6) is 5.75 Å². The van der Waals surface area contributed by atoms with Gasteiger partial charge in [0.2, 0.25) is 0 Å². The molecule has 2 aromatic carbocycles. The van der Waals surface area contributed by atoms with Crippen LogP contribution in [0.1, 0.15) is 44.1 Å². The standard InChI is InChI=1S/C30H27N3O6S/c1-4-13-32-22-15-21(10-11-23(22)39-16-24(32)34)26(35)19(3)33-17-31-28-25(29(33)36)18(2)27(40-28)30(37)38-14-12-20-8-6-5-7-9-20/h4-11,15,17,19H,1,12-14,16H2,2-3H3. The molecule has 40 heavy (non-hydrogen) atoms. The number of aromatic nitrogens is 2. The molecule has 5 rings (SSSR count). The van der Waals surface area contributed by atoms with Crippen LogP contribution in [0.2, 0.25) is 0 Å². The Kier molecular flexibility index (Phi) is 7.61. The first-order valence-corrected chi connectivity index (χ1v) is 13.6. The fourth-order valence-electron chi connectivity index (χ4n) is 4.63. The highest BCUT2D eigenvalue weighted by molar-refractivity contribution is 7.20. The maximum Gasteiger partial charge on any atom is 0.348 e. The Hall–Kier alpha value is -4.57. The predicted octanol–water partition coefficient (Wildman–Crippen LogP) is 4.52. The van der Waals surface area contributed by atoms with E-state index in [9.17, 15) is 19.2 Å². The van der Waals surface area contributed by atoms with E-state index in [1.807, 2.05) is 30.3 Å². The summed E-state index contributed by atoms with van der Waals surface area (Å²) < 4.78 is 12.2. The minimum atomic E-state index is -0.893. The molecule has 0 bridgehead atoms. The van der Waals surface area contributed by atoms with Crippen LogP contribution in [-0.4, -0.2) is 47.0 Å². The van der Waals surface area contributed by atoms with Gasteiger partial charge in [0.1, 0.15) is 15.5 Å². The number of esters is 1. The fourth-order valence-corrected chi connectivity index (χ4v) is 5.66. The molecule has 1 unspecified atom stereocenters. The number of nitrogens with zero attached hydrogens (tertiary/aromatic N) is 3. The molecule has 1 aliphatic rings. The monoisotopic (exact) mass is 557 g/mol. The highest BCUT2D eigenvalue weighted by Gasteiger charge is 2.28. The van der Waals surface area contributed by atoms with Gasteiger partial charge in [-0.05, 0) is 43.2 Å². The van der Waals surface area contributed by atoms with Gasteiger partial charge in [0.15, 0.2) is 12.4 Å². The molecule has 0 spiro atoms. The Labute approximate surface area is 234 Å². The lowest BCUT2D eigenvalue weighted by molar-refractivity contribution is -0.121. The van der Waals surface area contributed by atoms with E-state index in [1.54, 1.807) is 38.1 Å². The highest BCUT2D eigenvalue weighted by atomic mass is 32.1. The minimum Gasteiger partial charge on any atom is -0.482 e. The third-order valence-electron chi connectivity index (χ3n) is 6.82. The van der Waals surface area contributed by atoms with Crippen molar-refractivity contribution in [3.05, 3.63) is 99.4 Å². The SMILES string of the molecule is C=CCN1C(=O)COc2ccc(C(=O)C(C)n3cnc4sc(C(=O)OCCc5ccccc5)c(C)c4c3=O)cc21. The van der Waals surface area contributed by atoms with E-state index in [0.29, 0.717) is 38.7 Å². The molecule has 2 aromatic heterocycles. The summed E-state index contributed by atoms with van der Waals surface area (Å²) >= 11 is 1.09. The number of carbonyl (C=O) groups is 3. The molecule has 204 valence electrons. The van der Waals surface area contributed by atoms with Crippen molar-refractivity contribution in [2.75, 3.05) is 24.7 Å². The van der Waals surface area contributed by atoms with Crippen LogP contribution in [0.25, 0.3) is 10.2 Å². The molecule has 1 amide bonds. The Balaban J connectivity index is 1.39. The number of Topliss-reactive ketones (excluding diaryl/α,β-unsaturated/α-hetero) is 1. The van der Waals surface area contributed by atoms with Crippen molar-refractivity contribution in [1.82, 2.24) is 9.55 Å². The maximum atomic E-state index is 13.5. The molecule has 1 atom stereocenters. The number of anilines is 1. The number of amides is 1. The largest absolute Gasteiger partial charge is 0.482 e. The summed E-state index contributed by atoms with van der Waals surface area (Å²) in [4.78, 5) is 58.7. The van der Waals surface area contributed by atoms with Gasteiger partial charge in [0, 0.05) is 18.5 Å². The van der Waals surface area contributed by atoms with E-state index < -0.39 is 17.6 Å². The lowest BCUT2D eigenvalue weighted by Gasteiger charge is -2.29. The quantitative estimate of drug-likeness (QED) is 0.169. The van der Waals surface area contributed by atoms with Gasteiger partial charge in [-0.1, -0.05) is 36.4 Å². The average Bonchev–Trinajstić information content (AvgIpc) is 3.31. The Morgan fingerprint density at radius 3 is 2.73 bits per heavy atom. The zero-order valence-corrected chi connectivity index (χ0v) is 22.9. The summed E-state index contributed by atoms with van der Waals surface area (Å²) in [7, 11) is 0. The third-order valence-corrected chi connectivity index (χ3v) is 8.00. The van der Waals surface area contributed by atoms with Gasteiger partial charge < -0.3 is 14.4 Å². The van der Waals surface area contributed by atoms with Gasteiger partial charge in [0.25, 0.3) is 11.5 Å². The molecular formula is C30H27N3O6S. The second kappa shape index (κ2) is 11.3. The van der Waals surface area contributed by atoms with Gasteiger partial charge in [-0.25, -0.2) is 9.78 Å². The van der Waals surface area contributed by atoms with Gasteiger partial charge >= 0.3 is 5.97 Å². The predicted molar refractivity (Wildman–Crippen MR) is 153 cm³/mol. The average molecular weight is 558 g/mol. The highest BCUT2D eigenvalue weighted by Crippen LogP contribution is 2.34. The lowest BCUT2D eigenvalue weighted by atomic mass is 10.0. The summed E-state index contributed by atoms with van der Waals surface area (Å²) in [6, 6.07) is 13.6. The van der Waals surface area contributed by atoms with Crippen molar-refractivity contribution < 1.29 is 23.9 Å². The van der Waals surface area contributed by atoms with Crippen LogP contribution in [0.15, 0.2) is 72.3 Å². The van der Waals surface area contributed by atoms with Gasteiger partial charge in [-0.3, -0.25) is 19.0 Å². The number of hydrogen-bond acceptors (Lipinski definition) is 8. The van der Waals surface area contributed by atoms with Crippen LogP contribution in [0.3, 0.4) is 0 Å². The third kappa shape index (κ3) is 5.05. The minimum absolute atomic E-state index is 0.0891. The molecule has 0 N–H and O–H groups in total. The summed E-state index contributed by atoms with van der Waals surface area (Å²) in [5, 5.41) is 0.281. The number of fused-ring (bicyclic) bond motifs is 2. The van der Waals surface area contributed by atoms with Crippen molar-refractivity contribution >= 4 is 44.9 Å². The smallest absolute Gasteiger partial charge is 0.348 e. The maximum absolute atomic E-state index is 13.5. The second-order valence-corrected chi connectivity index (χ2v) is 10.4. The number of ether oxygens (including phenoxy) is 2. The molecular weight excluding hydrogens is 530 g/mol. The van der Waals surface area contributed by atoms with Crippen LogP contribution in [-0.2, 0) is 16.0 Å². The van der Waals surface area contributed by atoms with E-state index in [-0.39, 0.29) is 36.8 Å². The van der Waals surface area contributed by atoms with Crippen molar-refractivity contribution in [2.45, 2.75) is 26.3 Å². The van der Waals surface area contributed by atoms with Gasteiger partial charge in [0.05, 0.1) is 30.0 Å². The zero-order valence-electron chi connectivity index (χ0n) is 22.1. The zero-order chi connectivity index (χ0) is 28.4. The Morgan fingerprint density at radius 2 is 1.98 bits per heavy atom.